The molecule has 6 nitrogen and oxygen atoms in total. The number of guanidine groups is 1. The van der Waals surface area contributed by atoms with Gasteiger partial charge in [-0.2, -0.15) is 0 Å². The van der Waals surface area contributed by atoms with Gasteiger partial charge in [-0.25, -0.2) is 4.99 Å². The predicted molar refractivity (Wildman–Crippen MR) is 123 cm³/mol. The summed E-state index contributed by atoms with van der Waals surface area (Å²) in [7, 11) is 1.43. The highest BCUT2D eigenvalue weighted by atomic mass is 127. The number of hydrogen-bond donors (Lipinski definition) is 2. The van der Waals surface area contributed by atoms with Crippen molar-refractivity contribution in [1.29, 1.82) is 0 Å². The van der Waals surface area contributed by atoms with Crippen LogP contribution in [-0.4, -0.2) is 38.7 Å². The number of benzene rings is 1. The molecule has 0 heterocycles. The summed E-state index contributed by atoms with van der Waals surface area (Å²) in [5, 5.41) is 6.63. The summed E-state index contributed by atoms with van der Waals surface area (Å²) >= 11 is 0. The fourth-order valence-corrected chi connectivity index (χ4v) is 2.65. The molecule has 0 radical (unpaired) electrons. The van der Waals surface area contributed by atoms with Gasteiger partial charge < -0.3 is 20.1 Å². The summed E-state index contributed by atoms with van der Waals surface area (Å²) < 4.78 is 10.6. The number of para-hydroxylation sites is 1. The van der Waals surface area contributed by atoms with Gasteiger partial charge in [-0.3, -0.25) is 4.79 Å². The highest BCUT2D eigenvalue weighted by molar-refractivity contribution is 14.0. The van der Waals surface area contributed by atoms with Crippen molar-refractivity contribution in [3.63, 3.8) is 0 Å². The lowest BCUT2D eigenvalue weighted by molar-refractivity contribution is -0.140. The van der Waals surface area contributed by atoms with E-state index in [0.29, 0.717) is 13.0 Å². The first-order chi connectivity index (χ1) is 13.2. The smallest absolute Gasteiger partial charge is 0.305 e. The third-order valence-corrected chi connectivity index (χ3v) is 4.47. The molecule has 28 heavy (non-hydrogen) atoms. The summed E-state index contributed by atoms with van der Waals surface area (Å²) in [6.07, 6.45) is 5.89. The second kappa shape index (κ2) is 14.5. The number of nitrogens with one attached hydrogen (secondary N) is 2. The van der Waals surface area contributed by atoms with Crippen LogP contribution >= 0.6 is 24.0 Å². The van der Waals surface area contributed by atoms with Gasteiger partial charge in [0.25, 0.3) is 0 Å². The van der Waals surface area contributed by atoms with E-state index >= 15 is 0 Å². The summed E-state index contributed by atoms with van der Waals surface area (Å²) in [5.74, 6) is 2.34. The minimum absolute atomic E-state index is 0. The lowest BCUT2D eigenvalue weighted by Crippen LogP contribution is -2.37. The average molecular weight is 503 g/mol. The molecular formula is C21H34IN3O3. The summed E-state index contributed by atoms with van der Waals surface area (Å²) in [5.41, 5.74) is 1.11. The number of carbonyl (C=O) groups is 1. The number of unbranched alkanes of at least 4 members (excludes halogenated alkanes) is 2. The van der Waals surface area contributed by atoms with Gasteiger partial charge in [0.2, 0.25) is 0 Å². The Hall–Kier alpha value is -1.51. The van der Waals surface area contributed by atoms with Crippen LogP contribution in [0.25, 0.3) is 0 Å². The summed E-state index contributed by atoms with van der Waals surface area (Å²) in [4.78, 5) is 15.8. The van der Waals surface area contributed by atoms with Gasteiger partial charge >= 0.3 is 5.97 Å². The molecule has 7 heteroatoms. The molecule has 1 saturated carbocycles. The van der Waals surface area contributed by atoms with Gasteiger partial charge in [0.1, 0.15) is 5.75 Å². The minimum Gasteiger partial charge on any atom is -0.493 e. The zero-order valence-corrected chi connectivity index (χ0v) is 19.4. The van der Waals surface area contributed by atoms with Crippen molar-refractivity contribution < 1.29 is 14.3 Å². The van der Waals surface area contributed by atoms with Gasteiger partial charge in [-0.05, 0) is 44.6 Å². The number of halogens is 1. The highest BCUT2D eigenvalue weighted by Gasteiger charge is 2.22. The fourth-order valence-electron chi connectivity index (χ4n) is 2.65. The SMILES string of the molecule is CCNC(=NCc1ccccc1OCC1CC1)NCCCCCC(=O)OC.I. The zero-order valence-electron chi connectivity index (χ0n) is 17.0. The second-order valence-corrected chi connectivity index (χ2v) is 6.87. The van der Waals surface area contributed by atoms with Crippen molar-refractivity contribution in [3.8, 4) is 5.75 Å². The molecule has 1 aliphatic rings. The van der Waals surface area contributed by atoms with Crippen LogP contribution in [-0.2, 0) is 16.1 Å². The van der Waals surface area contributed by atoms with E-state index in [2.05, 4.69) is 33.4 Å². The molecule has 0 bridgehead atoms. The van der Waals surface area contributed by atoms with Crippen molar-refractivity contribution in [3.05, 3.63) is 29.8 Å². The van der Waals surface area contributed by atoms with Crippen LogP contribution in [0, 0.1) is 5.92 Å². The molecule has 2 N–H and O–H groups in total. The predicted octanol–water partition coefficient (Wildman–Crippen LogP) is 3.88. The Kier molecular flexibility index (Phi) is 12.7. The monoisotopic (exact) mass is 503 g/mol. The average Bonchev–Trinajstić information content (AvgIpc) is 3.51. The molecule has 158 valence electrons. The Balaban J connectivity index is 0.00000392. The minimum atomic E-state index is -0.138. The number of methoxy groups -OCH3 is 1. The van der Waals surface area contributed by atoms with Crippen molar-refractivity contribution >= 4 is 35.9 Å². The Bertz CT molecular complexity index is 606. The van der Waals surface area contributed by atoms with Crippen LogP contribution in [0.4, 0.5) is 0 Å². The normalized spacial score (nSPS) is 13.4. The maximum atomic E-state index is 11.1. The van der Waals surface area contributed by atoms with Crippen molar-refractivity contribution in [2.75, 3.05) is 26.8 Å². The molecule has 0 atom stereocenters. The van der Waals surface area contributed by atoms with Crippen molar-refractivity contribution in [1.82, 2.24) is 10.6 Å². The summed E-state index contributed by atoms with van der Waals surface area (Å²) in [6, 6.07) is 8.13. The van der Waals surface area contributed by atoms with Crippen LogP contribution in [0.1, 0.15) is 51.0 Å². The number of nitrogens with zero attached hydrogens (tertiary/aromatic N) is 1. The largest absolute Gasteiger partial charge is 0.493 e. The first kappa shape index (κ1) is 24.5. The van der Waals surface area contributed by atoms with Crippen LogP contribution in [0.5, 0.6) is 5.75 Å². The Morgan fingerprint density at radius 3 is 2.68 bits per heavy atom. The first-order valence-electron chi connectivity index (χ1n) is 10.0. The number of aliphatic imine (C=N–C) groups is 1. The molecule has 0 unspecified atom stereocenters. The zero-order chi connectivity index (χ0) is 19.3. The molecule has 1 fully saturated rings. The van der Waals surface area contributed by atoms with Gasteiger partial charge in [-0.15, -0.1) is 24.0 Å². The number of rotatable bonds is 12. The molecule has 0 spiro atoms. The molecule has 1 aromatic carbocycles. The van der Waals surface area contributed by atoms with Gasteiger partial charge in [-0.1, -0.05) is 24.6 Å². The van der Waals surface area contributed by atoms with Gasteiger partial charge in [0.05, 0.1) is 20.3 Å². The molecule has 1 aromatic rings. The third-order valence-electron chi connectivity index (χ3n) is 4.47. The lowest BCUT2D eigenvalue weighted by Gasteiger charge is -2.13. The number of ether oxygens (including phenoxy) is 2. The standard InChI is InChI=1S/C21H33N3O3.HI/c1-3-22-21(23-14-8-4-5-11-20(25)26-2)24-15-18-9-6-7-10-19(18)27-16-17-12-13-17;/h6-7,9-10,17H,3-5,8,11-16H2,1-2H3,(H2,22,23,24);1H. The third kappa shape index (κ3) is 10.1. The number of esters is 1. The quantitative estimate of drug-likeness (QED) is 0.149. The molecule has 1 aliphatic carbocycles. The van der Waals surface area contributed by atoms with Crippen LogP contribution in [0.15, 0.2) is 29.3 Å². The van der Waals surface area contributed by atoms with Crippen molar-refractivity contribution in [2.24, 2.45) is 10.9 Å². The number of hydrogen-bond acceptors (Lipinski definition) is 4. The van der Waals surface area contributed by atoms with E-state index in [1.807, 2.05) is 18.2 Å². The van der Waals surface area contributed by atoms with E-state index in [9.17, 15) is 4.79 Å². The maximum Gasteiger partial charge on any atom is 0.305 e. The topological polar surface area (TPSA) is 72.0 Å². The molecule has 0 aromatic heterocycles. The van der Waals surface area contributed by atoms with Crippen molar-refractivity contribution in [2.45, 2.75) is 52.0 Å². The van der Waals surface area contributed by atoms with E-state index in [1.54, 1.807) is 0 Å². The summed E-state index contributed by atoms with van der Waals surface area (Å²) in [6.45, 7) is 5.09. The Morgan fingerprint density at radius 2 is 1.96 bits per heavy atom. The van der Waals surface area contributed by atoms with Crippen LogP contribution < -0.4 is 15.4 Å². The highest BCUT2D eigenvalue weighted by Crippen LogP contribution is 2.30. The molecule has 2 rings (SSSR count). The number of carbonyl (C=O) groups excluding carboxylic acids is 1. The molecule has 0 amide bonds. The molecule has 0 saturated heterocycles. The Morgan fingerprint density at radius 1 is 1.18 bits per heavy atom. The maximum absolute atomic E-state index is 11.1. The van der Waals surface area contributed by atoms with Crippen LogP contribution in [0.3, 0.4) is 0 Å². The van der Waals surface area contributed by atoms with Gasteiger partial charge in [0.15, 0.2) is 5.96 Å². The first-order valence-corrected chi connectivity index (χ1v) is 10.0. The van der Waals surface area contributed by atoms with Crippen LogP contribution in [0.2, 0.25) is 0 Å². The molecule has 0 aliphatic heterocycles. The lowest BCUT2D eigenvalue weighted by atomic mass is 10.2. The molecular weight excluding hydrogens is 469 g/mol. The van der Waals surface area contributed by atoms with E-state index in [4.69, 9.17) is 4.74 Å². The van der Waals surface area contributed by atoms with E-state index in [1.165, 1.54) is 20.0 Å². The van der Waals surface area contributed by atoms with E-state index in [-0.39, 0.29) is 29.9 Å². The fraction of sp³-hybridized carbons (Fsp3) is 0.619. The Labute approximate surface area is 185 Å². The van der Waals surface area contributed by atoms with E-state index < -0.39 is 0 Å². The van der Waals surface area contributed by atoms with E-state index in [0.717, 1.165) is 62.1 Å². The second-order valence-electron chi connectivity index (χ2n) is 6.87. The van der Waals surface area contributed by atoms with Gasteiger partial charge in [0, 0.05) is 25.1 Å².